The first-order valence-electron chi connectivity index (χ1n) is 7.81. The van der Waals surface area contributed by atoms with E-state index in [0.717, 1.165) is 44.7 Å². The maximum Gasteiger partial charge on any atom is 0.317 e. The van der Waals surface area contributed by atoms with Gasteiger partial charge >= 0.3 is 6.03 Å². The van der Waals surface area contributed by atoms with Crippen molar-refractivity contribution in [2.75, 3.05) is 26.2 Å². The molecule has 0 bridgehead atoms. The molecule has 1 unspecified atom stereocenters. The highest BCUT2D eigenvalue weighted by molar-refractivity contribution is 5.74. The maximum absolute atomic E-state index is 12.1. The van der Waals surface area contributed by atoms with Crippen LogP contribution < -0.4 is 11.1 Å². The molecule has 2 amide bonds. The maximum atomic E-state index is 12.1. The number of piperidine rings is 1. The minimum absolute atomic E-state index is 0.0148. The number of hydrogen-bond acceptors (Lipinski definition) is 5. The second-order valence-electron chi connectivity index (χ2n) is 6.00. The van der Waals surface area contributed by atoms with Crippen molar-refractivity contribution < 1.29 is 9.32 Å². The third kappa shape index (κ3) is 3.72. The van der Waals surface area contributed by atoms with E-state index in [9.17, 15) is 4.79 Å². The smallest absolute Gasteiger partial charge is 0.317 e. The van der Waals surface area contributed by atoms with Crippen molar-refractivity contribution in [2.24, 2.45) is 11.7 Å². The summed E-state index contributed by atoms with van der Waals surface area (Å²) in [5, 5.41) is 6.87. The molecule has 0 radical (unpaired) electrons. The van der Waals surface area contributed by atoms with E-state index >= 15 is 0 Å². The highest BCUT2D eigenvalue weighted by Gasteiger charge is 2.29. The summed E-state index contributed by atoms with van der Waals surface area (Å²) in [6, 6.07) is -0.0148. The Labute approximate surface area is 124 Å². The zero-order chi connectivity index (χ0) is 14.7. The number of rotatable bonds is 5. The molecular formula is C14H23N5O2. The van der Waals surface area contributed by atoms with Crippen LogP contribution in [0.15, 0.2) is 4.52 Å². The summed E-state index contributed by atoms with van der Waals surface area (Å²) in [5.41, 5.74) is 5.69. The van der Waals surface area contributed by atoms with E-state index in [-0.39, 0.29) is 6.03 Å². The first-order chi connectivity index (χ1) is 10.3. The number of nitrogens with one attached hydrogen (secondary N) is 1. The molecule has 2 aliphatic rings. The Morgan fingerprint density at radius 2 is 2.29 bits per heavy atom. The van der Waals surface area contributed by atoms with Gasteiger partial charge in [0.25, 0.3) is 0 Å². The Bertz CT molecular complexity index is 485. The first kappa shape index (κ1) is 14.3. The summed E-state index contributed by atoms with van der Waals surface area (Å²) < 4.78 is 5.19. The van der Waals surface area contributed by atoms with Crippen LogP contribution in [0, 0.1) is 5.92 Å². The SMILES string of the molecule is NCC1CCCN(C(=O)NCCc2noc(C3CC3)n2)C1. The second-order valence-corrected chi connectivity index (χ2v) is 6.00. The molecule has 1 aliphatic carbocycles. The van der Waals surface area contributed by atoms with Crippen LogP contribution in [0.3, 0.4) is 0 Å². The molecule has 1 saturated carbocycles. The number of amides is 2. The van der Waals surface area contributed by atoms with Crippen LogP contribution >= 0.6 is 0 Å². The van der Waals surface area contributed by atoms with Gasteiger partial charge in [-0.05, 0) is 38.1 Å². The van der Waals surface area contributed by atoms with Gasteiger partial charge in [0.2, 0.25) is 5.89 Å². The molecule has 1 aromatic heterocycles. The largest absolute Gasteiger partial charge is 0.339 e. The van der Waals surface area contributed by atoms with Gasteiger partial charge in [-0.15, -0.1) is 0 Å². The van der Waals surface area contributed by atoms with Crippen LogP contribution in [0.2, 0.25) is 0 Å². The zero-order valence-electron chi connectivity index (χ0n) is 12.3. The van der Waals surface area contributed by atoms with Crippen molar-refractivity contribution >= 4 is 6.03 Å². The number of urea groups is 1. The average molecular weight is 293 g/mol. The highest BCUT2D eigenvalue weighted by Crippen LogP contribution is 2.38. The Hall–Kier alpha value is -1.63. The summed E-state index contributed by atoms with van der Waals surface area (Å²) in [4.78, 5) is 18.3. The molecule has 1 saturated heterocycles. The van der Waals surface area contributed by atoms with Gasteiger partial charge in [0.1, 0.15) is 0 Å². The summed E-state index contributed by atoms with van der Waals surface area (Å²) >= 11 is 0. The van der Waals surface area contributed by atoms with E-state index in [4.69, 9.17) is 10.3 Å². The van der Waals surface area contributed by atoms with E-state index < -0.39 is 0 Å². The van der Waals surface area contributed by atoms with Gasteiger partial charge in [-0.3, -0.25) is 0 Å². The summed E-state index contributed by atoms with van der Waals surface area (Å²) in [5.74, 6) is 2.33. The fourth-order valence-corrected chi connectivity index (χ4v) is 2.70. The number of hydrogen-bond donors (Lipinski definition) is 2. The molecule has 0 aromatic carbocycles. The van der Waals surface area contributed by atoms with Crippen molar-refractivity contribution in [1.82, 2.24) is 20.4 Å². The molecule has 21 heavy (non-hydrogen) atoms. The number of carbonyl (C=O) groups excluding carboxylic acids is 1. The molecule has 1 aromatic rings. The lowest BCUT2D eigenvalue weighted by molar-refractivity contribution is 0.167. The Kier molecular flexibility index (Phi) is 4.38. The summed E-state index contributed by atoms with van der Waals surface area (Å²) in [7, 11) is 0. The van der Waals surface area contributed by atoms with Crippen molar-refractivity contribution in [1.29, 1.82) is 0 Å². The fraction of sp³-hybridized carbons (Fsp3) is 0.786. The van der Waals surface area contributed by atoms with Crippen molar-refractivity contribution in [3.63, 3.8) is 0 Å². The highest BCUT2D eigenvalue weighted by atomic mass is 16.5. The van der Waals surface area contributed by atoms with E-state index in [1.807, 2.05) is 4.90 Å². The van der Waals surface area contributed by atoms with Gasteiger partial charge in [0, 0.05) is 32.0 Å². The van der Waals surface area contributed by atoms with E-state index in [1.165, 1.54) is 0 Å². The van der Waals surface area contributed by atoms with Crippen LogP contribution in [-0.2, 0) is 6.42 Å². The standard InChI is InChI=1S/C14H23N5O2/c15-8-10-2-1-7-19(9-10)14(20)16-6-5-12-17-13(21-18-12)11-3-4-11/h10-11H,1-9,15H2,(H,16,20). The summed E-state index contributed by atoms with van der Waals surface area (Å²) in [6.45, 7) is 2.76. The monoisotopic (exact) mass is 293 g/mol. The van der Waals surface area contributed by atoms with Gasteiger partial charge in [0.15, 0.2) is 5.82 Å². The summed E-state index contributed by atoms with van der Waals surface area (Å²) in [6.07, 6.45) is 5.05. The van der Waals surface area contributed by atoms with Gasteiger partial charge in [-0.2, -0.15) is 4.98 Å². The molecule has 7 nitrogen and oxygen atoms in total. The van der Waals surface area contributed by atoms with Crippen LogP contribution in [0.25, 0.3) is 0 Å². The average Bonchev–Trinajstić information content (AvgIpc) is 3.27. The lowest BCUT2D eigenvalue weighted by Crippen LogP contribution is -2.47. The number of aromatic nitrogens is 2. The molecule has 7 heteroatoms. The normalized spacial score (nSPS) is 22.3. The van der Waals surface area contributed by atoms with Gasteiger partial charge in [-0.1, -0.05) is 5.16 Å². The Morgan fingerprint density at radius 3 is 3.05 bits per heavy atom. The predicted octanol–water partition coefficient (Wildman–Crippen LogP) is 0.870. The molecule has 1 atom stereocenters. The third-order valence-corrected chi connectivity index (χ3v) is 4.17. The topological polar surface area (TPSA) is 97.3 Å². The lowest BCUT2D eigenvalue weighted by atomic mass is 9.99. The lowest BCUT2D eigenvalue weighted by Gasteiger charge is -2.32. The second kappa shape index (κ2) is 6.43. The molecular weight excluding hydrogens is 270 g/mol. The fourth-order valence-electron chi connectivity index (χ4n) is 2.70. The molecule has 2 fully saturated rings. The third-order valence-electron chi connectivity index (χ3n) is 4.17. The quantitative estimate of drug-likeness (QED) is 0.839. The molecule has 1 aliphatic heterocycles. The predicted molar refractivity (Wildman–Crippen MR) is 76.7 cm³/mol. The minimum Gasteiger partial charge on any atom is -0.339 e. The van der Waals surface area contributed by atoms with E-state index in [0.29, 0.717) is 37.2 Å². The number of nitrogens with zero attached hydrogens (tertiary/aromatic N) is 3. The van der Waals surface area contributed by atoms with Crippen molar-refractivity contribution in [3.8, 4) is 0 Å². The molecule has 2 heterocycles. The minimum atomic E-state index is -0.0148. The molecule has 0 spiro atoms. The van der Waals surface area contributed by atoms with Crippen LogP contribution in [0.5, 0.6) is 0 Å². The van der Waals surface area contributed by atoms with E-state index in [2.05, 4.69) is 15.5 Å². The van der Waals surface area contributed by atoms with Crippen LogP contribution in [0.4, 0.5) is 4.79 Å². The Morgan fingerprint density at radius 1 is 1.43 bits per heavy atom. The van der Waals surface area contributed by atoms with Crippen LogP contribution in [-0.4, -0.2) is 47.3 Å². The van der Waals surface area contributed by atoms with E-state index in [1.54, 1.807) is 0 Å². The number of carbonyl (C=O) groups is 1. The Balaban J connectivity index is 1.40. The molecule has 3 rings (SSSR count). The van der Waals surface area contributed by atoms with Gasteiger partial charge in [-0.25, -0.2) is 4.79 Å². The first-order valence-corrected chi connectivity index (χ1v) is 7.81. The molecule has 116 valence electrons. The van der Waals surface area contributed by atoms with Crippen molar-refractivity contribution in [3.05, 3.63) is 11.7 Å². The van der Waals surface area contributed by atoms with Crippen molar-refractivity contribution in [2.45, 2.75) is 38.0 Å². The number of likely N-dealkylation sites (tertiary alicyclic amines) is 1. The zero-order valence-corrected chi connectivity index (χ0v) is 12.3. The number of nitrogens with two attached hydrogens (primary N) is 1. The molecule has 3 N–H and O–H groups in total. The van der Waals surface area contributed by atoms with Gasteiger partial charge < -0.3 is 20.5 Å². The van der Waals surface area contributed by atoms with Gasteiger partial charge in [0.05, 0.1) is 0 Å². The van der Waals surface area contributed by atoms with Crippen LogP contribution in [0.1, 0.15) is 43.3 Å².